The normalized spacial score (nSPS) is 26.1. The predicted molar refractivity (Wildman–Crippen MR) is 156 cm³/mol. The number of aryl methyl sites for hydroxylation is 2. The molecule has 0 aliphatic carbocycles. The summed E-state index contributed by atoms with van der Waals surface area (Å²) < 4.78 is 7.28. The molecule has 0 unspecified atom stereocenters. The fourth-order valence-electron chi connectivity index (χ4n) is 6.31. The highest BCUT2D eigenvalue weighted by Gasteiger charge is 2.41. The van der Waals surface area contributed by atoms with Crippen molar-refractivity contribution in [3.63, 3.8) is 0 Å². The van der Waals surface area contributed by atoms with Gasteiger partial charge in [-0.25, -0.2) is 0 Å². The maximum Gasteiger partial charge on any atom is 0.243 e. The molecule has 1 spiro atoms. The molecule has 5 rings (SSSR count). The molecule has 3 aliphatic rings. The Kier molecular flexibility index (Phi) is 9.19. The van der Waals surface area contributed by atoms with Gasteiger partial charge in [-0.1, -0.05) is 42.5 Å². The number of likely N-dealkylation sites (tertiary alicyclic amines) is 1. The number of aromatic nitrogens is 2. The fourth-order valence-corrected chi connectivity index (χ4v) is 6.31. The molecule has 3 atom stereocenters. The monoisotopic (exact) mass is 562 g/mol. The summed E-state index contributed by atoms with van der Waals surface area (Å²) >= 11 is 0. The molecule has 3 aliphatic heterocycles. The van der Waals surface area contributed by atoms with Gasteiger partial charge in [0.05, 0.1) is 23.3 Å². The number of carbonyl (C=O) groups excluding carboxylic acids is 3. The molecular weight excluding hydrogens is 520 g/mol. The molecule has 0 bridgehead atoms. The van der Waals surface area contributed by atoms with Crippen LogP contribution in [0.4, 0.5) is 5.69 Å². The summed E-state index contributed by atoms with van der Waals surface area (Å²) in [6.45, 7) is 4.63. The van der Waals surface area contributed by atoms with Crippen LogP contribution in [0.1, 0.15) is 43.4 Å². The molecule has 220 valence electrons. The van der Waals surface area contributed by atoms with Crippen LogP contribution < -0.4 is 16.0 Å². The molecular formula is C31H42N6O4. The zero-order chi connectivity index (χ0) is 28.8. The van der Waals surface area contributed by atoms with Gasteiger partial charge in [0, 0.05) is 52.0 Å². The van der Waals surface area contributed by atoms with Crippen LogP contribution in [0.5, 0.6) is 0 Å². The summed E-state index contributed by atoms with van der Waals surface area (Å²) in [7, 11) is 1.83. The Morgan fingerprint density at radius 2 is 1.93 bits per heavy atom. The first-order valence-corrected chi connectivity index (χ1v) is 14.7. The van der Waals surface area contributed by atoms with Gasteiger partial charge in [-0.3, -0.25) is 24.0 Å². The molecule has 0 saturated carbocycles. The van der Waals surface area contributed by atoms with Crippen molar-refractivity contribution >= 4 is 23.4 Å². The quantitative estimate of drug-likeness (QED) is 0.482. The molecule has 3 amide bonds. The van der Waals surface area contributed by atoms with Crippen LogP contribution in [-0.4, -0.2) is 77.3 Å². The summed E-state index contributed by atoms with van der Waals surface area (Å²) in [6, 6.07) is 9.12. The van der Waals surface area contributed by atoms with Gasteiger partial charge in [0.1, 0.15) is 6.04 Å². The van der Waals surface area contributed by atoms with Gasteiger partial charge in [-0.05, 0) is 50.5 Å². The van der Waals surface area contributed by atoms with E-state index in [2.05, 4.69) is 38.1 Å². The largest absolute Gasteiger partial charge is 0.381 e. The van der Waals surface area contributed by atoms with Crippen molar-refractivity contribution in [1.29, 1.82) is 0 Å². The number of fused-ring (bicyclic) bond motifs is 1. The third-order valence-electron chi connectivity index (χ3n) is 8.75. The summed E-state index contributed by atoms with van der Waals surface area (Å²) in [5, 5.41) is 13.7. The maximum atomic E-state index is 13.7. The molecule has 10 nitrogen and oxygen atoms in total. The average Bonchev–Trinajstić information content (AvgIpc) is 3.28. The number of allylic oxidation sites excluding steroid dienone is 2. The lowest BCUT2D eigenvalue weighted by atomic mass is 9.75. The number of hydrogen-bond donors (Lipinski definition) is 3. The van der Waals surface area contributed by atoms with Crippen LogP contribution in [0, 0.1) is 18.3 Å². The number of amides is 3. The Morgan fingerprint density at radius 3 is 2.66 bits per heavy atom. The van der Waals surface area contributed by atoms with Gasteiger partial charge in [0.25, 0.3) is 0 Å². The Balaban J connectivity index is 1.32. The predicted octanol–water partition coefficient (Wildman–Crippen LogP) is 2.35. The fraction of sp³-hybridized carbons (Fsp3) is 0.548. The van der Waals surface area contributed by atoms with Crippen LogP contribution in [0.2, 0.25) is 0 Å². The second-order valence-electron chi connectivity index (χ2n) is 11.8. The topological polar surface area (TPSA) is 118 Å². The first-order chi connectivity index (χ1) is 19.8. The first kappa shape index (κ1) is 29.0. The summed E-state index contributed by atoms with van der Waals surface area (Å²) in [4.78, 5) is 42.5. The molecule has 2 aromatic rings. The number of benzene rings is 1. The number of ether oxygens (including phenoxy) is 1. The number of hydrogen-bond acceptors (Lipinski definition) is 6. The summed E-state index contributed by atoms with van der Waals surface area (Å²) in [5.41, 5.74) is 1.93. The standard InChI is InChI=1S/C31H42N6O4/c1-22-27(20-36(2)35-22)32-28(38)21-37-15-11-25-24(19-37)10-6-7-12-31(13-16-41-17-14-31)30(40)34-26(29(39)33-25)18-23-8-4-3-5-9-23/h3-9,20,24-26H,10-19,21H2,1-2H3,(H,32,38)(H,33,39)(H,34,40)/b7-6+/t24-,25+,26+/m0/s1. The lowest BCUT2D eigenvalue weighted by molar-refractivity contribution is -0.140. The molecule has 41 heavy (non-hydrogen) atoms. The highest BCUT2D eigenvalue weighted by atomic mass is 16.5. The minimum Gasteiger partial charge on any atom is -0.381 e. The van der Waals surface area contributed by atoms with Crippen molar-refractivity contribution in [3.05, 3.63) is 59.9 Å². The number of anilines is 1. The number of carbonyl (C=O) groups is 3. The van der Waals surface area contributed by atoms with Crippen LogP contribution in [0.25, 0.3) is 0 Å². The molecule has 4 heterocycles. The molecule has 1 aromatic carbocycles. The van der Waals surface area contributed by atoms with E-state index in [0.717, 1.165) is 29.8 Å². The van der Waals surface area contributed by atoms with Crippen molar-refractivity contribution in [1.82, 2.24) is 25.3 Å². The number of rotatable bonds is 5. The van der Waals surface area contributed by atoms with Gasteiger partial charge < -0.3 is 20.7 Å². The number of nitrogens with zero attached hydrogens (tertiary/aromatic N) is 3. The Morgan fingerprint density at radius 1 is 1.15 bits per heavy atom. The Hall–Kier alpha value is -3.50. The average molecular weight is 563 g/mol. The van der Waals surface area contributed by atoms with Crippen LogP contribution in [0.3, 0.4) is 0 Å². The van der Waals surface area contributed by atoms with E-state index in [1.165, 1.54) is 0 Å². The second kappa shape index (κ2) is 13.0. The van der Waals surface area contributed by atoms with E-state index in [0.29, 0.717) is 52.0 Å². The minimum absolute atomic E-state index is 0.0429. The molecule has 1 aromatic heterocycles. The SMILES string of the molecule is Cc1nn(C)cc1NC(=O)CN1CC[C@H]2NC(=O)[C@@H](Cc3ccccc3)NC(=O)C3(C/C=C/C[C@H]2C1)CCOCC3. The van der Waals surface area contributed by atoms with E-state index in [-0.39, 0.29) is 36.2 Å². The molecule has 0 radical (unpaired) electrons. The van der Waals surface area contributed by atoms with Crippen molar-refractivity contribution in [2.24, 2.45) is 18.4 Å². The highest BCUT2D eigenvalue weighted by molar-refractivity contribution is 5.92. The van der Waals surface area contributed by atoms with E-state index in [9.17, 15) is 14.4 Å². The first-order valence-electron chi connectivity index (χ1n) is 14.7. The Labute approximate surface area is 241 Å². The van der Waals surface area contributed by atoms with E-state index in [1.807, 2.05) is 50.5 Å². The van der Waals surface area contributed by atoms with E-state index >= 15 is 0 Å². The van der Waals surface area contributed by atoms with Crippen molar-refractivity contribution in [2.75, 3.05) is 38.2 Å². The third-order valence-corrected chi connectivity index (χ3v) is 8.75. The molecule has 2 saturated heterocycles. The molecule has 10 heteroatoms. The highest BCUT2D eigenvalue weighted by Crippen LogP contribution is 2.36. The second-order valence-corrected chi connectivity index (χ2v) is 11.8. The van der Waals surface area contributed by atoms with Gasteiger partial charge in [-0.2, -0.15) is 5.10 Å². The van der Waals surface area contributed by atoms with Crippen molar-refractivity contribution < 1.29 is 19.1 Å². The van der Waals surface area contributed by atoms with Gasteiger partial charge in [0.15, 0.2) is 0 Å². The molecule has 2 fully saturated rings. The lowest BCUT2D eigenvalue weighted by Crippen LogP contribution is -2.58. The lowest BCUT2D eigenvalue weighted by Gasteiger charge is -2.40. The van der Waals surface area contributed by atoms with Gasteiger partial charge >= 0.3 is 0 Å². The van der Waals surface area contributed by atoms with Gasteiger partial charge in [-0.15, -0.1) is 0 Å². The van der Waals surface area contributed by atoms with Crippen LogP contribution in [0.15, 0.2) is 48.7 Å². The van der Waals surface area contributed by atoms with E-state index in [1.54, 1.807) is 4.68 Å². The van der Waals surface area contributed by atoms with E-state index in [4.69, 9.17) is 4.74 Å². The van der Waals surface area contributed by atoms with Crippen molar-refractivity contribution in [2.45, 2.75) is 57.5 Å². The van der Waals surface area contributed by atoms with Gasteiger partial charge in [0.2, 0.25) is 17.7 Å². The third kappa shape index (κ3) is 7.23. The smallest absolute Gasteiger partial charge is 0.243 e. The van der Waals surface area contributed by atoms with E-state index < -0.39 is 11.5 Å². The van der Waals surface area contributed by atoms with Crippen LogP contribution in [-0.2, 0) is 32.6 Å². The van der Waals surface area contributed by atoms with Crippen molar-refractivity contribution in [3.8, 4) is 0 Å². The molecule has 3 N–H and O–H groups in total. The van der Waals surface area contributed by atoms with Crippen LogP contribution >= 0.6 is 0 Å². The Bertz CT molecular complexity index is 1250. The number of nitrogens with one attached hydrogen (secondary N) is 3. The minimum atomic E-state index is -0.666. The number of piperidine rings is 1. The summed E-state index contributed by atoms with van der Waals surface area (Å²) in [6.07, 6.45) is 9.91. The summed E-state index contributed by atoms with van der Waals surface area (Å²) in [5.74, 6) is -0.139. The zero-order valence-electron chi connectivity index (χ0n) is 24.1. The zero-order valence-corrected chi connectivity index (χ0v) is 24.1. The maximum absolute atomic E-state index is 13.7.